The van der Waals surface area contributed by atoms with Crippen LogP contribution in [-0.2, 0) is 22.7 Å². The summed E-state index contributed by atoms with van der Waals surface area (Å²) in [5, 5.41) is 0. The molecule has 2 fully saturated rings. The summed E-state index contributed by atoms with van der Waals surface area (Å²) < 4.78 is 0. The topological polar surface area (TPSA) is 40.6 Å². The lowest BCUT2D eigenvalue weighted by molar-refractivity contribution is -0.125. The number of nitrogens with zero attached hydrogens (tertiary/aromatic N) is 2. The van der Waals surface area contributed by atoms with Gasteiger partial charge in [-0.15, -0.1) is 0 Å². The average molecular weight is 374 g/mol. The summed E-state index contributed by atoms with van der Waals surface area (Å²) in [6, 6.07) is 20.5. The van der Waals surface area contributed by atoms with E-state index in [2.05, 4.69) is 34.1 Å². The molecule has 0 amide bonds. The van der Waals surface area contributed by atoms with Crippen molar-refractivity contribution in [3.63, 3.8) is 0 Å². The maximum Gasteiger partial charge on any atom is 0.170 e. The van der Waals surface area contributed by atoms with Gasteiger partial charge in [0, 0.05) is 39.0 Å². The number of hydrogen-bond donors (Lipinski definition) is 0. The van der Waals surface area contributed by atoms with Crippen molar-refractivity contribution in [2.45, 2.75) is 32.9 Å². The van der Waals surface area contributed by atoms with Crippen molar-refractivity contribution in [1.29, 1.82) is 0 Å². The molecule has 4 heteroatoms. The molecule has 0 N–H and O–H groups in total. The molecule has 1 saturated heterocycles. The molecule has 0 spiro atoms. The highest BCUT2D eigenvalue weighted by Crippen LogP contribution is 2.32. The average Bonchev–Trinajstić information content (AvgIpc) is 3.05. The van der Waals surface area contributed by atoms with Crippen molar-refractivity contribution in [2.75, 3.05) is 13.1 Å². The molecule has 1 aliphatic heterocycles. The number of carbonyl (C=O) groups excluding carboxylic acids is 2. The summed E-state index contributed by atoms with van der Waals surface area (Å²) in [6.45, 7) is 5.03. The van der Waals surface area contributed by atoms with Crippen LogP contribution in [0.5, 0.6) is 0 Å². The molecular formula is C24H26N2O2. The number of ketones is 2. The molecule has 0 bridgehead atoms. The molecule has 0 unspecified atom stereocenters. The van der Waals surface area contributed by atoms with Gasteiger partial charge >= 0.3 is 0 Å². The van der Waals surface area contributed by atoms with Crippen molar-refractivity contribution < 1.29 is 9.59 Å². The van der Waals surface area contributed by atoms with Crippen LogP contribution in [0.25, 0.3) is 0 Å². The van der Waals surface area contributed by atoms with Crippen LogP contribution in [0.3, 0.4) is 0 Å². The van der Waals surface area contributed by atoms with Gasteiger partial charge in [0.1, 0.15) is 11.4 Å². The van der Waals surface area contributed by atoms with Gasteiger partial charge in [0.05, 0.1) is 0 Å². The van der Waals surface area contributed by atoms with E-state index in [0.717, 1.165) is 18.9 Å². The van der Waals surface area contributed by atoms with Crippen LogP contribution in [0.15, 0.2) is 72.1 Å². The Hall–Kier alpha value is -2.88. The van der Waals surface area contributed by atoms with E-state index in [-0.39, 0.29) is 17.5 Å². The zero-order valence-corrected chi connectivity index (χ0v) is 16.3. The van der Waals surface area contributed by atoms with Crippen LogP contribution in [0.2, 0.25) is 0 Å². The summed E-state index contributed by atoms with van der Waals surface area (Å²) in [7, 11) is 0. The highest BCUT2D eigenvalue weighted by Gasteiger charge is 2.37. The molecule has 0 radical (unpaired) electrons. The van der Waals surface area contributed by atoms with Crippen molar-refractivity contribution >= 4 is 11.6 Å². The molecular weight excluding hydrogens is 348 g/mol. The van der Waals surface area contributed by atoms with Gasteiger partial charge in [-0.3, -0.25) is 9.59 Å². The molecule has 1 saturated carbocycles. The van der Waals surface area contributed by atoms with Crippen molar-refractivity contribution in [1.82, 2.24) is 9.80 Å². The third kappa shape index (κ3) is 3.86. The van der Waals surface area contributed by atoms with Crippen LogP contribution in [0.1, 0.15) is 30.9 Å². The van der Waals surface area contributed by atoms with Crippen LogP contribution < -0.4 is 0 Å². The second kappa shape index (κ2) is 8.01. The quantitative estimate of drug-likeness (QED) is 0.603. The lowest BCUT2D eigenvalue weighted by atomic mass is 9.84. The number of hydrogen-bond acceptors (Lipinski definition) is 4. The first-order chi connectivity index (χ1) is 13.6. The summed E-state index contributed by atoms with van der Waals surface area (Å²) in [6.07, 6.45) is 0.922. The fraction of sp³-hybridized carbons (Fsp3) is 0.333. The molecule has 0 atom stereocenters. The minimum atomic E-state index is -0.00299. The van der Waals surface area contributed by atoms with Gasteiger partial charge in [-0.05, 0) is 17.0 Å². The maximum absolute atomic E-state index is 12.9. The molecule has 4 nitrogen and oxygen atoms in total. The van der Waals surface area contributed by atoms with Crippen LogP contribution in [-0.4, -0.2) is 34.5 Å². The second-order valence-corrected chi connectivity index (χ2v) is 7.87. The zero-order valence-electron chi connectivity index (χ0n) is 16.3. The predicted octanol–water partition coefficient (Wildman–Crippen LogP) is 3.78. The Balaban J connectivity index is 1.70. The van der Waals surface area contributed by atoms with Gasteiger partial charge in [-0.1, -0.05) is 67.6 Å². The lowest BCUT2D eigenvalue weighted by Crippen LogP contribution is -2.33. The predicted molar refractivity (Wildman–Crippen MR) is 109 cm³/mol. The van der Waals surface area contributed by atoms with E-state index in [9.17, 15) is 9.59 Å². The van der Waals surface area contributed by atoms with Gasteiger partial charge in [-0.2, -0.15) is 0 Å². The highest BCUT2D eigenvalue weighted by molar-refractivity contribution is 6.22. The summed E-state index contributed by atoms with van der Waals surface area (Å²) in [5.74, 6) is 0.957. The molecule has 1 heterocycles. The monoisotopic (exact) mass is 374 g/mol. The second-order valence-electron chi connectivity index (χ2n) is 7.87. The highest BCUT2D eigenvalue weighted by atomic mass is 16.2. The first kappa shape index (κ1) is 18.5. The summed E-state index contributed by atoms with van der Waals surface area (Å²) in [5.41, 5.74) is 2.79. The normalized spacial score (nSPS) is 20.2. The SMILES string of the molecule is CC1CC(=O)C(=C2N(Cc3ccccc3)CCN2Cc2ccccc2)C(=O)C1. The van der Waals surface area contributed by atoms with E-state index in [0.29, 0.717) is 31.5 Å². The van der Waals surface area contributed by atoms with Crippen molar-refractivity contribution in [2.24, 2.45) is 5.92 Å². The molecule has 2 aromatic rings. The molecule has 0 aromatic heterocycles. The van der Waals surface area contributed by atoms with Crippen LogP contribution >= 0.6 is 0 Å². The number of allylic oxidation sites excluding steroid dienone is 1. The van der Waals surface area contributed by atoms with Gasteiger partial charge in [0.2, 0.25) is 0 Å². The first-order valence-electron chi connectivity index (χ1n) is 10.00. The minimum absolute atomic E-state index is 0.00299. The fourth-order valence-electron chi connectivity index (χ4n) is 4.20. The molecule has 2 aromatic carbocycles. The number of benzene rings is 2. The largest absolute Gasteiger partial charge is 0.351 e. The zero-order chi connectivity index (χ0) is 19.5. The first-order valence-corrected chi connectivity index (χ1v) is 10.00. The third-order valence-corrected chi connectivity index (χ3v) is 5.52. The van der Waals surface area contributed by atoms with Gasteiger partial charge in [0.25, 0.3) is 0 Å². The molecule has 144 valence electrons. The van der Waals surface area contributed by atoms with Crippen molar-refractivity contribution in [3.05, 3.63) is 83.2 Å². The number of carbonyl (C=O) groups is 2. The summed E-state index contributed by atoms with van der Waals surface area (Å²) in [4.78, 5) is 30.1. The Morgan fingerprint density at radius 3 is 1.61 bits per heavy atom. The van der Waals surface area contributed by atoms with E-state index < -0.39 is 0 Å². The Labute approximate surface area is 166 Å². The van der Waals surface area contributed by atoms with E-state index in [1.54, 1.807) is 0 Å². The summed E-state index contributed by atoms with van der Waals surface area (Å²) >= 11 is 0. The Kier molecular flexibility index (Phi) is 5.29. The van der Waals surface area contributed by atoms with Crippen LogP contribution in [0, 0.1) is 5.92 Å². The Morgan fingerprint density at radius 2 is 1.18 bits per heavy atom. The van der Waals surface area contributed by atoms with Crippen LogP contribution in [0.4, 0.5) is 0 Å². The van der Waals surface area contributed by atoms with E-state index in [1.165, 1.54) is 11.1 Å². The lowest BCUT2D eigenvalue weighted by Gasteiger charge is -2.30. The van der Waals surface area contributed by atoms with E-state index in [1.807, 2.05) is 43.3 Å². The smallest absolute Gasteiger partial charge is 0.170 e. The fourth-order valence-corrected chi connectivity index (χ4v) is 4.20. The molecule has 1 aliphatic carbocycles. The van der Waals surface area contributed by atoms with Gasteiger partial charge in [0.15, 0.2) is 11.6 Å². The van der Waals surface area contributed by atoms with Crippen molar-refractivity contribution in [3.8, 4) is 0 Å². The molecule has 2 aliphatic rings. The molecule has 28 heavy (non-hydrogen) atoms. The van der Waals surface area contributed by atoms with Gasteiger partial charge in [-0.25, -0.2) is 0 Å². The number of Topliss-reactive ketones (excluding diaryl/α,β-unsaturated/α-hetero) is 2. The Morgan fingerprint density at radius 1 is 0.750 bits per heavy atom. The standard InChI is InChI=1S/C24H26N2O2/c1-18-14-21(27)23(22(28)15-18)24-25(16-19-8-4-2-5-9-19)12-13-26(24)17-20-10-6-3-7-11-20/h2-11,18H,12-17H2,1H3. The van der Waals surface area contributed by atoms with E-state index >= 15 is 0 Å². The molecule has 4 rings (SSSR count). The van der Waals surface area contributed by atoms with Gasteiger partial charge < -0.3 is 9.80 Å². The van der Waals surface area contributed by atoms with E-state index in [4.69, 9.17) is 0 Å². The number of rotatable bonds is 4. The minimum Gasteiger partial charge on any atom is -0.351 e. The Bertz CT molecular complexity index is 818. The third-order valence-electron chi connectivity index (χ3n) is 5.52. The maximum atomic E-state index is 12.9.